The molecule has 2 aromatic heterocycles. The van der Waals surface area contributed by atoms with Gasteiger partial charge < -0.3 is 10.6 Å². The van der Waals surface area contributed by atoms with Gasteiger partial charge in [0.2, 0.25) is 0 Å². The molecule has 0 bridgehead atoms. The topological polar surface area (TPSA) is 88.9 Å². The zero-order chi connectivity index (χ0) is 24.5. The lowest BCUT2D eigenvalue weighted by atomic mass is 9.90. The number of nitrogens with one attached hydrogen (secondary N) is 2. The Morgan fingerprint density at radius 1 is 1.18 bits per heavy atom. The van der Waals surface area contributed by atoms with Gasteiger partial charge in [-0.3, -0.25) is 9.59 Å². The Bertz CT molecular complexity index is 1230. The quantitative estimate of drug-likeness (QED) is 0.553. The number of benzene rings is 1. The predicted molar refractivity (Wildman–Crippen MR) is 121 cm³/mol. The predicted octanol–water partition coefficient (Wildman–Crippen LogP) is 2.90. The van der Waals surface area contributed by atoms with Gasteiger partial charge in [0.25, 0.3) is 11.8 Å². The lowest BCUT2D eigenvalue weighted by Crippen LogP contribution is -2.32. The molecule has 2 heterocycles. The summed E-state index contributed by atoms with van der Waals surface area (Å²) in [5.74, 6) is -1.48. The number of amides is 2. The number of carbonyl (C=O) groups excluding carboxylic acids is 2. The van der Waals surface area contributed by atoms with E-state index in [-0.39, 0.29) is 28.1 Å². The van der Waals surface area contributed by atoms with E-state index in [0.29, 0.717) is 11.6 Å². The van der Waals surface area contributed by atoms with Gasteiger partial charge in [-0.2, -0.15) is 18.3 Å². The molecule has 0 atom stereocenters. The lowest BCUT2D eigenvalue weighted by Gasteiger charge is -2.17. The zero-order valence-electron chi connectivity index (χ0n) is 18.2. The third-order valence-electron chi connectivity index (χ3n) is 4.55. The first-order valence-electron chi connectivity index (χ1n) is 9.90. The van der Waals surface area contributed by atoms with E-state index in [4.69, 9.17) is 11.6 Å². The molecule has 2 amide bonds. The van der Waals surface area contributed by atoms with Gasteiger partial charge in [-0.25, -0.2) is 9.67 Å². The Balaban J connectivity index is 2.10. The number of alkyl halides is 3. The van der Waals surface area contributed by atoms with Crippen LogP contribution in [0.3, 0.4) is 0 Å². The maximum atomic E-state index is 13.4. The SMILES string of the molecule is Bc1cc(C)c(NC(=O)c2cc(C(F)(F)F)nn2-c2ncccc2Cl)c(C(=O)NC(C)C)c1. The molecule has 7 nitrogen and oxygen atoms in total. The third kappa shape index (κ3) is 5.36. The monoisotopic (exact) mass is 477 g/mol. The number of aryl methyl sites for hydroxylation is 1. The highest BCUT2D eigenvalue weighted by Crippen LogP contribution is 2.31. The molecule has 0 spiro atoms. The molecule has 0 saturated carbocycles. The van der Waals surface area contributed by atoms with Crippen molar-refractivity contribution in [1.82, 2.24) is 20.1 Å². The molecular weight excluding hydrogens is 458 g/mol. The van der Waals surface area contributed by atoms with E-state index in [1.165, 1.54) is 18.3 Å². The fraction of sp³-hybridized carbons (Fsp3) is 0.238. The number of carbonyl (C=O) groups is 2. The average molecular weight is 478 g/mol. The van der Waals surface area contributed by atoms with Crippen LogP contribution in [0.2, 0.25) is 5.02 Å². The Morgan fingerprint density at radius 3 is 2.48 bits per heavy atom. The van der Waals surface area contributed by atoms with Crippen LogP contribution in [0, 0.1) is 6.92 Å². The largest absolute Gasteiger partial charge is 0.435 e. The number of anilines is 1. The van der Waals surface area contributed by atoms with Gasteiger partial charge in [0.15, 0.2) is 11.5 Å². The summed E-state index contributed by atoms with van der Waals surface area (Å²) in [6.45, 7) is 5.25. The van der Waals surface area contributed by atoms with E-state index < -0.39 is 29.4 Å². The van der Waals surface area contributed by atoms with Gasteiger partial charge in [0.1, 0.15) is 13.5 Å². The summed E-state index contributed by atoms with van der Waals surface area (Å²) in [5, 5.41) is 8.84. The molecule has 2 N–H and O–H groups in total. The Labute approximate surface area is 193 Å². The molecule has 0 aliphatic rings. The molecule has 3 aromatic rings. The number of hydrogen-bond donors (Lipinski definition) is 2. The van der Waals surface area contributed by atoms with Crippen molar-refractivity contribution in [3.8, 4) is 5.82 Å². The van der Waals surface area contributed by atoms with E-state index >= 15 is 0 Å². The van der Waals surface area contributed by atoms with Crippen LogP contribution in [0.1, 0.15) is 46.0 Å². The van der Waals surface area contributed by atoms with Gasteiger partial charge in [0.05, 0.1) is 16.3 Å². The van der Waals surface area contributed by atoms with Crippen LogP contribution in [0.15, 0.2) is 36.5 Å². The summed E-state index contributed by atoms with van der Waals surface area (Å²) in [6, 6.07) is 6.69. The number of hydrogen-bond acceptors (Lipinski definition) is 4. The average Bonchev–Trinajstić information content (AvgIpc) is 3.15. The van der Waals surface area contributed by atoms with Crippen LogP contribution in [-0.2, 0) is 6.18 Å². The number of nitrogens with zero attached hydrogens (tertiary/aromatic N) is 3. The van der Waals surface area contributed by atoms with Gasteiger partial charge >= 0.3 is 6.18 Å². The van der Waals surface area contributed by atoms with Crippen LogP contribution in [0.25, 0.3) is 5.82 Å². The second-order valence-corrected chi connectivity index (χ2v) is 8.13. The highest BCUT2D eigenvalue weighted by Gasteiger charge is 2.36. The first-order chi connectivity index (χ1) is 15.4. The van der Waals surface area contributed by atoms with Gasteiger partial charge in [-0.05, 0) is 38.5 Å². The number of pyridine rings is 1. The Morgan fingerprint density at radius 2 is 1.88 bits per heavy atom. The normalized spacial score (nSPS) is 11.5. The fourth-order valence-electron chi connectivity index (χ4n) is 3.21. The minimum absolute atomic E-state index is 0.00638. The van der Waals surface area contributed by atoms with E-state index in [0.717, 1.165) is 10.1 Å². The summed E-state index contributed by atoms with van der Waals surface area (Å²) < 4.78 is 40.9. The molecule has 33 heavy (non-hydrogen) atoms. The lowest BCUT2D eigenvalue weighted by molar-refractivity contribution is -0.141. The molecule has 1 aromatic carbocycles. The van der Waals surface area contributed by atoms with Crippen LogP contribution < -0.4 is 16.1 Å². The van der Waals surface area contributed by atoms with Crippen molar-refractivity contribution in [3.05, 3.63) is 64.1 Å². The molecule has 0 unspecified atom stereocenters. The second-order valence-electron chi connectivity index (χ2n) is 7.72. The van der Waals surface area contributed by atoms with Crippen molar-refractivity contribution in [2.24, 2.45) is 0 Å². The summed E-state index contributed by atoms with van der Waals surface area (Å²) in [7, 11) is 1.79. The molecule has 172 valence electrons. The summed E-state index contributed by atoms with van der Waals surface area (Å²) in [5.41, 5.74) is -0.0186. The highest BCUT2D eigenvalue weighted by atomic mass is 35.5. The number of aromatic nitrogens is 3. The number of rotatable bonds is 5. The molecule has 0 fully saturated rings. The van der Waals surface area contributed by atoms with Crippen LogP contribution >= 0.6 is 11.6 Å². The Hall–Kier alpha value is -3.34. The van der Waals surface area contributed by atoms with E-state index in [9.17, 15) is 22.8 Å². The number of halogens is 4. The molecular formula is C21H20BClF3N5O2. The maximum Gasteiger partial charge on any atom is 0.435 e. The zero-order valence-corrected chi connectivity index (χ0v) is 19.0. The van der Waals surface area contributed by atoms with Crippen molar-refractivity contribution in [2.45, 2.75) is 33.0 Å². The van der Waals surface area contributed by atoms with E-state index in [1.807, 2.05) is 0 Å². The fourth-order valence-corrected chi connectivity index (χ4v) is 3.41. The molecule has 0 saturated heterocycles. The first kappa shape index (κ1) is 24.3. The summed E-state index contributed by atoms with van der Waals surface area (Å²) in [4.78, 5) is 29.8. The minimum Gasteiger partial charge on any atom is -0.350 e. The maximum absolute atomic E-state index is 13.4. The van der Waals surface area contributed by atoms with Gasteiger partial charge in [0, 0.05) is 18.3 Å². The van der Waals surface area contributed by atoms with E-state index in [1.54, 1.807) is 40.8 Å². The van der Waals surface area contributed by atoms with Crippen molar-refractivity contribution in [1.29, 1.82) is 0 Å². The van der Waals surface area contributed by atoms with Crippen molar-refractivity contribution >= 4 is 42.4 Å². The van der Waals surface area contributed by atoms with Gasteiger partial charge in [-0.1, -0.05) is 29.2 Å². The third-order valence-corrected chi connectivity index (χ3v) is 4.85. The molecule has 12 heteroatoms. The smallest absolute Gasteiger partial charge is 0.350 e. The second kappa shape index (κ2) is 9.26. The Kier molecular flexibility index (Phi) is 6.82. The summed E-state index contributed by atoms with van der Waals surface area (Å²) >= 11 is 6.09. The van der Waals surface area contributed by atoms with Crippen LogP contribution in [-0.4, -0.2) is 40.5 Å². The van der Waals surface area contributed by atoms with Gasteiger partial charge in [-0.15, -0.1) is 0 Å². The summed E-state index contributed by atoms with van der Waals surface area (Å²) in [6.07, 6.45) is -3.49. The van der Waals surface area contributed by atoms with Crippen LogP contribution in [0.5, 0.6) is 0 Å². The van der Waals surface area contributed by atoms with Crippen LogP contribution in [0.4, 0.5) is 18.9 Å². The first-order valence-corrected chi connectivity index (χ1v) is 10.3. The van der Waals surface area contributed by atoms with Crippen molar-refractivity contribution in [2.75, 3.05) is 5.32 Å². The molecule has 0 aliphatic carbocycles. The minimum atomic E-state index is -4.80. The molecule has 0 aliphatic heterocycles. The standard InChI is InChI=1S/C21H20BClF3N5O2/c1-10(2)28-19(32)13-8-12(22)7-11(3)17(13)29-20(33)15-9-16(21(24,25)26)30-31(15)18-14(23)5-4-6-27-18/h4-10H,22H2,1-3H3,(H,28,32)(H,29,33). The van der Waals surface area contributed by atoms with Crippen molar-refractivity contribution in [3.63, 3.8) is 0 Å². The molecule has 0 radical (unpaired) electrons. The van der Waals surface area contributed by atoms with Crippen molar-refractivity contribution < 1.29 is 22.8 Å². The highest BCUT2D eigenvalue weighted by molar-refractivity contribution is 6.33. The van der Waals surface area contributed by atoms with E-state index in [2.05, 4.69) is 20.7 Å². The molecule has 3 rings (SSSR count).